The van der Waals surface area contributed by atoms with Gasteiger partial charge in [0.05, 0.1) is 6.61 Å². The highest BCUT2D eigenvalue weighted by Crippen LogP contribution is 2.35. The van der Waals surface area contributed by atoms with Gasteiger partial charge in [-0.2, -0.15) is 0 Å². The fourth-order valence-electron chi connectivity index (χ4n) is 4.22. The van der Waals surface area contributed by atoms with Gasteiger partial charge in [0, 0.05) is 12.8 Å². The minimum absolute atomic E-state index is 0.0843. The second-order valence-electron chi connectivity index (χ2n) is 11.1. The number of unbranched alkanes of at least 4 members (excludes halogenated alkanes) is 8. The topological polar surface area (TPSA) is 119 Å². The lowest BCUT2D eigenvalue weighted by molar-refractivity contribution is -0.161. The molecule has 0 saturated carbocycles. The van der Waals surface area contributed by atoms with Crippen LogP contribution in [0.25, 0.3) is 0 Å². The van der Waals surface area contributed by atoms with E-state index in [0.717, 1.165) is 57.8 Å². The number of allylic oxidation sites excluding steroid dienone is 12. The Balaban J connectivity index is 4.17. The zero-order valence-electron chi connectivity index (χ0n) is 28.4. The van der Waals surface area contributed by atoms with Gasteiger partial charge < -0.3 is 19.3 Å². The van der Waals surface area contributed by atoms with Crippen molar-refractivity contribution in [2.45, 2.75) is 136 Å². The maximum Gasteiger partial charge on any atom is 0.469 e. The molecule has 0 saturated heterocycles. The lowest BCUT2D eigenvalue weighted by Crippen LogP contribution is -2.29. The van der Waals surface area contributed by atoms with Gasteiger partial charge in [-0.15, -0.1) is 0 Å². The van der Waals surface area contributed by atoms with E-state index in [2.05, 4.69) is 79.1 Å². The summed E-state index contributed by atoms with van der Waals surface area (Å²) < 4.78 is 26.1. The quantitative estimate of drug-likeness (QED) is 0.0337. The SMILES string of the molecule is CC/C=C/C/C=C/C/C=C/C/C=C/C/C=C/C/C=C/CCC(=O)O[C@H](COC(=O)CCCCCCCCCCC)COP(=O)(O)O. The number of hydrogen-bond donors (Lipinski definition) is 2. The molecule has 0 spiro atoms. The van der Waals surface area contributed by atoms with Crippen LogP contribution in [-0.4, -0.2) is 41.0 Å². The van der Waals surface area contributed by atoms with Gasteiger partial charge in [-0.05, 0) is 51.4 Å². The van der Waals surface area contributed by atoms with Gasteiger partial charge in [0.2, 0.25) is 0 Å². The second kappa shape index (κ2) is 32.4. The van der Waals surface area contributed by atoms with Gasteiger partial charge in [0.15, 0.2) is 6.10 Å². The Kier molecular flexibility index (Phi) is 30.7. The number of rotatable bonds is 30. The molecule has 0 aliphatic rings. The monoisotopic (exact) mass is 664 g/mol. The Bertz CT molecular complexity index is 974. The molecule has 0 aromatic rings. The van der Waals surface area contributed by atoms with Crippen molar-refractivity contribution in [2.24, 2.45) is 0 Å². The maximum absolute atomic E-state index is 12.3. The summed E-state index contributed by atoms with van der Waals surface area (Å²) in [4.78, 5) is 42.4. The summed E-state index contributed by atoms with van der Waals surface area (Å²) in [5.41, 5.74) is 0. The largest absolute Gasteiger partial charge is 0.469 e. The van der Waals surface area contributed by atoms with Crippen LogP contribution in [0.5, 0.6) is 0 Å². The molecular weight excluding hydrogens is 603 g/mol. The summed E-state index contributed by atoms with van der Waals surface area (Å²) in [5, 5.41) is 0. The van der Waals surface area contributed by atoms with Gasteiger partial charge in [-0.25, -0.2) is 4.57 Å². The summed E-state index contributed by atoms with van der Waals surface area (Å²) >= 11 is 0. The van der Waals surface area contributed by atoms with Crippen LogP contribution in [0.4, 0.5) is 0 Å². The third kappa shape index (κ3) is 34.4. The molecule has 0 aromatic heterocycles. The van der Waals surface area contributed by atoms with Crippen LogP contribution in [0.2, 0.25) is 0 Å². The standard InChI is InChI=1S/C37H61O8P/c1-3-5-7-9-11-13-14-15-16-17-18-19-20-21-22-24-26-28-30-32-37(39)45-35(34-44-46(40,41)42)33-43-36(38)31-29-27-25-23-12-10-8-6-4-2/h5,7,11,13,15-16,18-19,21-22,26,28,35H,3-4,6,8-10,12,14,17,20,23-25,27,29-34H2,1-2H3,(H2,40,41,42)/b7-5+,13-11+,16-15+,19-18+,22-21+,28-26+/t35-/m1/s1. The van der Waals surface area contributed by atoms with Crippen LogP contribution < -0.4 is 0 Å². The molecule has 0 aliphatic heterocycles. The van der Waals surface area contributed by atoms with Crippen LogP contribution >= 0.6 is 7.82 Å². The van der Waals surface area contributed by atoms with E-state index in [0.29, 0.717) is 12.8 Å². The fraction of sp³-hybridized carbons (Fsp3) is 0.622. The summed E-state index contributed by atoms with van der Waals surface area (Å²) in [6, 6.07) is 0. The van der Waals surface area contributed by atoms with Crippen molar-refractivity contribution in [3.05, 3.63) is 72.9 Å². The summed E-state index contributed by atoms with van der Waals surface area (Å²) in [6.45, 7) is 3.45. The molecule has 0 aliphatic carbocycles. The number of esters is 2. The van der Waals surface area contributed by atoms with E-state index < -0.39 is 32.5 Å². The fourth-order valence-corrected chi connectivity index (χ4v) is 4.58. The van der Waals surface area contributed by atoms with Gasteiger partial charge in [0.25, 0.3) is 0 Å². The van der Waals surface area contributed by atoms with E-state index in [1.807, 2.05) is 12.2 Å². The molecule has 0 bridgehead atoms. The highest BCUT2D eigenvalue weighted by atomic mass is 31.2. The first-order valence-corrected chi connectivity index (χ1v) is 18.8. The maximum atomic E-state index is 12.3. The molecule has 0 amide bonds. The van der Waals surface area contributed by atoms with Gasteiger partial charge >= 0.3 is 19.8 Å². The molecule has 0 fully saturated rings. The first-order valence-electron chi connectivity index (χ1n) is 17.2. The molecule has 2 N–H and O–H groups in total. The van der Waals surface area contributed by atoms with Crippen molar-refractivity contribution in [1.82, 2.24) is 0 Å². The van der Waals surface area contributed by atoms with Crippen LogP contribution in [-0.2, 0) is 28.2 Å². The molecule has 262 valence electrons. The van der Waals surface area contributed by atoms with Crippen molar-refractivity contribution in [3.63, 3.8) is 0 Å². The molecule has 0 unspecified atom stereocenters. The summed E-state index contributed by atoms with van der Waals surface area (Å²) in [7, 11) is -4.77. The van der Waals surface area contributed by atoms with Gasteiger partial charge in [-0.1, -0.05) is 138 Å². The predicted octanol–water partition coefficient (Wildman–Crippen LogP) is 9.95. The minimum Gasteiger partial charge on any atom is -0.462 e. The van der Waals surface area contributed by atoms with Crippen molar-refractivity contribution in [3.8, 4) is 0 Å². The van der Waals surface area contributed by atoms with Crippen molar-refractivity contribution >= 4 is 19.8 Å². The lowest BCUT2D eigenvalue weighted by Gasteiger charge is -2.18. The second-order valence-corrected chi connectivity index (χ2v) is 12.4. The number of carbonyl (C=O) groups excluding carboxylic acids is 2. The zero-order valence-corrected chi connectivity index (χ0v) is 29.3. The highest BCUT2D eigenvalue weighted by molar-refractivity contribution is 7.46. The molecule has 0 radical (unpaired) electrons. The van der Waals surface area contributed by atoms with Crippen LogP contribution in [0.15, 0.2) is 72.9 Å². The first kappa shape index (κ1) is 43.5. The molecule has 0 heterocycles. The summed E-state index contributed by atoms with van der Waals surface area (Å²) in [6.07, 6.45) is 40.7. The average molecular weight is 665 g/mol. The van der Waals surface area contributed by atoms with Crippen LogP contribution in [0, 0.1) is 0 Å². The van der Waals surface area contributed by atoms with E-state index in [1.54, 1.807) is 0 Å². The molecule has 46 heavy (non-hydrogen) atoms. The highest BCUT2D eigenvalue weighted by Gasteiger charge is 2.22. The van der Waals surface area contributed by atoms with Crippen molar-refractivity contribution in [1.29, 1.82) is 0 Å². The molecule has 0 rings (SSSR count). The third-order valence-electron chi connectivity index (χ3n) is 6.75. The zero-order chi connectivity index (χ0) is 34.0. The Hall–Kier alpha value is -2.51. The van der Waals surface area contributed by atoms with Gasteiger partial charge in [-0.3, -0.25) is 14.1 Å². The number of phosphoric ester groups is 1. The van der Waals surface area contributed by atoms with E-state index in [4.69, 9.17) is 19.3 Å². The van der Waals surface area contributed by atoms with E-state index >= 15 is 0 Å². The minimum atomic E-state index is -4.77. The number of hydrogen-bond acceptors (Lipinski definition) is 6. The number of ether oxygens (including phenoxy) is 2. The lowest BCUT2D eigenvalue weighted by atomic mass is 10.1. The van der Waals surface area contributed by atoms with E-state index in [9.17, 15) is 14.2 Å². The normalized spacial score (nSPS) is 13.4. The van der Waals surface area contributed by atoms with E-state index in [1.165, 1.54) is 32.1 Å². The predicted molar refractivity (Wildman–Crippen MR) is 188 cm³/mol. The summed E-state index contributed by atoms with van der Waals surface area (Å²) in [5.74, 6) is -0.994. The first-order chi connectivity index (χ1) is 22.3. The molecule has 9 heteroatoms. The molecular formula is C37H61O8P. The number of phosphoric acid groups is 1. The molecule has 8 nitrogen and oxygen atoms in total. The van der Waals surface area contributed by atoms with Crippen molar-refractivity contribution < 1.29 is 37.9 Å². The van der Waals surface area contributed by atoms with Crippen LogP contribution in [0.3, 0.4) is 0 Å². The Labute approximate surface area is 279 Å². The smallest absolute Gasteiger partial charge is 0.462 e. The van der Waals surface area contributed by atoms with E-state index in [-0.39, 0.29) is 19.4 Å². The Morgan fingerprint density at radius 1 is 0.587 bits per heavy atom. The molecule has 1 atom stereocenters. The van der Waals surface area contributed by atoms with Gasteiger partial charge in [0.1, 0.15) is 6.61 Å². The number of carbonyl (C=O) groups is 2. The Morgan fingerprint density at radius 2 is 1.04 bits per heavy atom. The van der Waals surface area contributed by atoms with Crippen molar-refractivity contribution in [2.75, 3.05) is 13.2 Å². The average Bonchev–Trinajstić information content (AvgIpc) is 3.02. The van der Waals surface area contributed by atoms with Crippen LogP contribution in [0.1, 0.15) is 129 Å². The third-order valence-corrected chi connectivity index (χ3v) is 7.24. The Morgan fingerprint density at radius 3 is 1.52 bits per heavy atom. The molecule has 0 aromatic carbocycles.